The van der Waals surface area contributed by atoms with Crippen molar-refractivity contribution < 1.29 is 8.78 Å². The van der Waals surface area contributed by atoms with E-state index >= 15 is 0 Å². The lowest BCUT2D eigenvalue weighted by Crippen LogP contribution is -2.00. The van der Waals surface area contributed by atoms with Crippen LogP contribution in [-0.2, 0) is 0 Å². The Bertz CT molecular complexity index is 539. The highest BCUT2D eigenvalue weighted by Gasteiger charge is 2.10. The highest BCUT2D eigenvalue weighted by Crippen LogP contribution is 2.28. The molecule has 7 heteroatoms. The van der Waals surface area contributed by atoms with E-state index in [4.69, 9.17) is 17.3 Å². The molecule has 0 atom stereocenters. The summed E-state index contributed by atoms with van der Waals surface area (Å²) in [7, 11) is 0. The second-order valence-corrected chi connectivity index (χ2v) is 3.60. The second kappa shape index (κ2) is 4.50. The number of nitrogens with zero attached hydrogens (tertiary/aromatic N) is 2. The number of nitrogens with two attached hydrogens (primary N) is 1. The van der Waals surface area contributed by atoms with Crippen molar-refractivity contribution in [2.75, 3.05) is 11.1 Å². The summed E-state index contributed by atoms with van der Waals surface area (Å²) < 4.78 is 26.2. The van der Waals surface area contributed by atoms with Gasteiger partial charge in [-0.15, -0.1) is 0 Å². The van der Waals surface area contributed by atoms with E-state index in [1.165, 1.54) is 12.4 Å². The number of rotatable bonds is 2. The predicted molar refractivity (Wildman–Crippen MR) is 61.1 cm³/mol. The van der Waals surface area contributed by atoms with Gasteiger partial charge in [0.2, 0.25) is 0 Å². The van der Waals surface area contributed by atoms with E-state index in [0.29, 0.717) is 0 Å². The van der Waals surface area contributed by atoms with E-state index in [1.807, 2.05) is 0 Å². The van der Waals surface area contributed by atoms with E-state index in [0.717, 1.165) is 12.1 Å². The van der Waals surface area contributed by atoms with Gasteiger partial charge in [-0.2, -0.15) is 0 Å². The minimum Gasteiger partial charge on any atom is -0.384 e. The zero-order valence-electron chi connectivity index (χ0n) is 8.42. The van der Waals surface area contributed by atoms with Crippen LogP contribution in [0.1, 0.15) is 0 Å². The first-order valence-electron chi connectivity index (χ1n) is 4.55. The third kappa shape index (κ3) is 2.59. The Morgan fingerprint density at radius 1 is 1.18 bits per heavy atom. The molecule has 1 aromatic carbocycles. The minimum absolute atomic E-state index is 0.0637. The van der Waals surface area contributed by atoms with Gasteiger partial charge < -0.3 is 11.1 Å². The summed E-state index contributed by atoms with van der Waals surface area (Å²) in [4.78, 5) is 7.50. The van der Waals surface area contributed by atoms with Crippen LogP contribution in [0.3, 0.4) is 0 Å². The maximum Gasteiger partial charge on any atom is 0.151 e. The minimum atomic E-state index is -0.813. The number of aromatic nitrogens is 2. The fourth-order valence-electron chi connectivity index (χ4n) is 1.23. The molecule has 0 radical (unpaired) electrons. The fraction of sp³-hybridized carbons (Fsp3) is 0. The van der Waals surface area contributed by atoms with E-state index in [9.17, 15) is 8.78 Å². The highest BCUT2D eigenvalue weighted by atomic mass is 35.5. The van der Waals surface area contributed by atoms with Gasteiger partial charge in [0.05, 0.1) is 10.7 Å². The van der Waals surface area contributed by atoms with Crippen LogP contribution in [0.4, 0.5) is 26.1 Å². The standard InChI is InChI=1S/C10H7ClF2N4/c11-6-1-5(12)2-7(13)10(6)17-9-3-8(14)15-4-16-9/h1-4H,(H3,14,15,16,17). The van der Waals surface area contributed by atoms with Gasteiger partial charge in [0.15, 0.2) is 5.82 Å². The van der Waals surface area contributed by atoms with Crippen LogP contribution >= 0.6 is 11.6 Å². The summed E-state index contributed by atoms with van der Waals surface area (Å²) in [6.07, 6.45) is 1.22. The topological polar surface area (TPSA) is 63.8 Å². The molecule has 0 saturated heterocycles. The average molecular weight is 257 g/mol. The molecule has 0 aliphatic rings. The van der Waals surface area contributed by atoms with Crippen LogP contribution in [0.5, 0.6) is 0 Å². The number of benzene rings is 1. The summed E-state index contributed by atoms with van der Waals surface area (Å²) >= 11 is 5.71. The van der Waals surface area contributed by atoms with Crippen molar-refractivity contribution in [3.8, 4) is 0 Å². The van der Waals surface area contributed by atoms with Gasteiger partial charge in [0.1, 0.15) is 23.8 Å². The van der Waals surface area contributed by atoms with Crippen LogP contribution in [0.15, 0.2) is 24.5 Å². The molecule has 17 heavy (non-hydrogen) atoms. The molecule has 88 valence electrons. The van der Waals surface area contributed by atoms with Crippen LogP contribution < -0.4 is 11.1 Å². The zero-order chi connectivity index (χ0) is 12.4. The molecule has 0 aliphatic carbocycles. The molecule has 2 rings (SSSR count). The summed E-state index contributed by atoms with van der Waals surface area (Å²) in [5, 5.41) is 2.52. The number of nitrogen functional groups attached to an aromatic ring is 1. The Morgan fingerprint density at radius 2 is 1.94 bits per heavy atom. The van der Waals surface area contributed by atoms with Gasteiger partial charge in [-0.3, -0.25) is 0 Å². The number of anilines is 3. The van der Waals surface area contributed by atoms with Gasteiger partial charge in [-0.05, 0) is 6.07 Å². The largest absolute Gasteiger partial charge is 0.384 e. The molecule has 0 fully saturated rings. The quantitative estimate of drug-likeness (QED) is 0.867. The number of hydrogen-bond donors (Lipinski definition) is 2. The first-order chi connectivity index (χ1) is 8.06. The summed E-state index contributed by atoms with van der Waals surface area (Å²) in [6.45, 7) is 0. The first-order valence-corrected chi connectivity index (χ1v) is 4.93. The fourth-order valence-corrected chi connectivity index (χ4v) is 1.47. The van der Waals surface area contributed by atoms with Crippen LogP contribution in [-0.4, -0.2) is 9.97 Å². The Labute approximate surface area is 100 Å². The molecule has 0 saturated carbocycles. The Hall–Kier alpha value is -1.95. The molecule has 1 heterocycles. The van der Waals surface area contributed by atoms with E-state index in [1.54, 1.807) is 0 Å². The van der Waals surface area contributed by atoms with Crippen molar-refractivity contribution in [2.24, 2.45) is 0 Å². The summed E-state index contributed by atoms with van der Waals surface area (Å²) in [6, 6.07) is 3.12. The smallest absolute Gasteiger partial charge is 0.151 e. The molecule has 2 aromatic rings. The normalized spacial score (nSPS) is 10.3. The Balaban J connectivity index is 2.36. The highest BCUT2D eigenvalue weighted by molar-refractivity contribution is 6.33. The third-order valence-corrected chi connectivity index (χ3v) is 2.25. The van der Waals surface area contributed by atoms with Crippen molar-refractivity contribution in [1.29, 1.82) is 0 Å². The molecule has 0 aliphatic heterocycles. The van der Waals surface area contributed by atoms with Gasteiger partial charge >= 0.3 is 0 Å². The first kappa shape index (κ1) is 11.5. The van der Waals surface area contributed by atoms with Crippen molar-refractivity contribution >= 4 is 28.9 Å². The average Bonchev–Trinajstić information content (AvgIpc) is 2.23. The van der Waals surface area contributed by atoms with Gasteiger partial charge in [-0.25, -0.2) is 18.7 Å². The van der Waals surface area contributed by atoms with E-state index < -0.39 is 11.6 Å². The monoisotopic (exact) mass is 256 g/mol. The number of hydrogen-bond acceptors (Lipinski definition) is 4. The zero-order valence-corrected chi connectivity index (χ0v) is 9.17. The van der Waals surface area contributed by atoms with Crippen molar-refractivity contribution in [3.63, 3.8) is 0 Å². The molecule has 0 bridgehead atoms. The summed E-state index contributed by atoms with van der Waals surface area (Å²) in [5.41, 5.74) is 5.37. The molecule has 4 nitrogen and oxygen atoms in total. The van der Waals surface area contributed by atoms with Crippen LogP contribution in [0.25, 0.3) is 0 Å². The maximum atomic E-state index is 13.4. The van der Waals surface area contributed by atoms with Gasteiger partial charge in [0.25, 0.3) is 0 Å². The van der Waals surface area contributed by atoms with Crippen molar-refractivity contribution in [2.45, 2.75) is 0 Å². The predicted octanol–water partition coefficient (Wildman–Crippen LogP) is 2.73. The molecule has 3 N–H and O–H groups in total. The van der Waals surface area contributed by atoms with Gasteiger partial charge in [0, 0.05) is 12.1 Å². The molecular formula is C10H7ClF2N4. The second-order valence-electron chi connectivity index (χ2n) is 3.20. The number of halogens is 3. The van der Waals surface area contributed by atoms with Crippen molar-refractivity contribution in [3.05, 3.63) is 41.2 Å². The SMILES string of the molecule is Nc1cc(Nc2c(F)cc(F)cc2Cl)ncn1. The Kier molecular flexibility index (Phi) is 3.06. The molecular weight excluding hydrogens is 250 g/mol. The number of nitrogens with one attached hydrogen (secondary N) is 1. The third-order valence-electron chi connectivity index (χ3n) is 1.95. The maximum absolute atomic E-state index is 13.4. The lowest BCUT2D eigenvalue weighted by molar-refractivity contribution is 0.586. The van der Waals surface area contributed by atoms with E-state index in [2.05, 4.69) is 15.3 Å². The molecule has 0 amide bonds. The van der Waals surface area contributed by atoms with Crippen LogP contribution in [0.2, 0.25) is 5.02 Å². The van der Waals surface area contributed by atoms with Crippen LogP contribution in [0, 0.1) is 11.6 Å². The Morgan fingerprint density at radius 3 is 2.59 bits per heavy atom. The molecule has 0 unspecified atom stereocenters. The molecule has 1 aromatic heterocycles. The van der Waals surface area contributed by atoms with Crippen molar-refractivity contribution in [1.82, 2.24) is 9.97 Å². The lowest BCUT2D eigenvalue weighted by atomic mass is 10.3. The van der Waals surface area contributed by atoms with Gasteiger partial charge in [-0.1, -0.05) is 11.6 Å². The lowest BCUT2D eigenvalue weighted by Gasteiger charge is -2.08. The molecule has 0 spiro atoms. The van der Waals surface area contributed by atoms with E-state index in [-0.39, 0.29) is 22.3 Å². The summed E-state index contributed by atoms with van der Waals surface area (Å²) in [5.74, 6) is -1.07.